The molecule has 0 saturated heterocycles. The predicted octanol–water partition coefficient (Wildman–Crippen LogP) is 2.05. The molecule has 21 heavy (non-hydrogen) atoms. The summed E-state index contributed by atoms with van der Waals surface area (Å²) in [6.07, 6.45) is 0. The lowest BCUT2D eigenvalue weighted by atomic mass is 10.2. The van der Waals surface area contributed by atoms with Crippen LogP contribution in [0.3, 0.4) is 0 Å². The lowest BCUT2D eigenvalue weighted by Gasteiger charge is -2.19. The van der Waals surface area contributed by atoms with Gasteiger partial charge in [-0.15, -0.1) is 11.3 Å². The van der Waals surface area contributed by atoms with Crippen molar-refractivity contribution in [2.45, 2.75) is 17.7 Å². The third kappa shape index (κ3) is 3.29. The normalized spacial score (nSPS) is 11.7. The maximum atomic E-state index is 12.6. The lowest BCUT2D eigenvalue weighted by molar-refractivity contribution is 0.0687. The van der Waals surface area contributed by atoms with E-state index in [1.807, 2.05) is 30.3 Å². The Hall–Kier alpha value is -1.77. The highest BCUT2D eigenvalue weighted by molar-refractivity contribution is 7.91. The number of carbonyl (C=O) groups is 1. The summed E-state index contributed by atoms with van der Waals surface area (Å²) in [5.41, 5.74) is 1.64. The monoisotopic (exact) mass is 326 g/mol. The Kier molecular flexibility index (Phi) is 4.71. The summed E-state index contributed by atoms with van der Waals surface area (Å²) in [4.78, 5) is 14.7. The smallest absolute Gasteiger partial charge is 0.356 e. The van der Waals surface area contributed by atoms with E-state index in [0.717, 1.165) is 16.9 Å². The molecule has 1 aromatic carbocycles. The average molecular weight is 326 g/mol. The van der Waals surface area contributed by atoms with E-state index in [-0.39, 0.29) is 17.3 Å². The summed E-state index contributed by atoms with van der Waals surface area (Å²) in [5.74, 6) is -1.34. The van der Waals surface area contributed by atoms with Crippen molar-refractivity contribution >= 4 is 27.3 Å². The van der Waals surface area contributed by atoms with Gasteiger partial charge in [0.2, 0.25) is 0 Å². The first-order valence-corrected chi connectivity index (χ1v) is 8.49. The standard InChI is InChI=1S/C13H14N2O4S2/c1-2-15(8-10-6-4-3-5-7-10)21(18,19)13-11(12(16)17)14-9-20-13/h3-7,9H,2,8H2,1H3,(H,16,17). The van der Waals surface area contributed by atoms with Crippen LogP contribution in [0.4, 0.5) is 0 Å². The van der Waals surface area contributed by atoms with Crippen molar-refractivity contribution in [2.24, 2.45) is 0 Å². The summed E-state index contributed by atoms with van der Waals surface area (Å²) in [7, 11) is -3.87. The second-order valence-corrected chi connectivity index (χ2v) is 7.20. The van der Waals surface area contributed by atoms with Crippen LogP contribution in [0, 0.1) is 0 Å². The van der Waals surface area contributed by atoms with Crippen LogP contribution in [-0.2, 0) is 16.6 Å². The minimum Gasteiger partial charge on any atom is -0.476 e. The lowest BCUT2D eigenvalue weighted by Crippen LogP contribution is -2.31. The summed E-state index contributed by atoms with van der Waals surface area (Å²) >= 11 is 0.818. The molecule has 0 bridgehead atoms. The predicted molar refractivity (Wildman–Crippen MR) is 78.8 cm³/mol. The summed E-state index contributed by atoms with van der Waals surface area (Å²) < 4.78 is 26.2. The molecule has 0 spiro atoms. The molecule has 0 amide bonds. The Morgan fingerprint density at radius 2 is 2.00 bits per heavy atom. The van der Waals surface area contributed by atoms with Gasteiger partial charge in [-0.05, 0) is 5.56 Å². The molecule has 112 valence electrons. The Labute approximate surface area is 126 Å². The molecule has 0 fully saturated rings. The quantitative estimate of drug-likeness (QED) is 0.878. The first-order chi connectivity index (χ1) is 9.96. The van der Waals surface area contributed by atoms with Gasteiger partial charge < -0.3 is 5.11 Å². The fourth-order valence-corrected chi connectivity index (χ4v) is 4.55. The highest BCUT2D eigenvalue weighted by Crippen LogP contribution is 2.25. The van der Waals surface area contributed by atoms with Gasteiger partial charge in [-0.25, -0.2) is 18.2 Å². The van der Waals surface area contributed by atoms with E-state index < -0.39 is 21.7 Å². The van der Waals surface area contributed by atoms with Crippen molar-refractivity contribution in [3.63, 3.8) is 0 Å². The largest absolute Gasteiger partial charge is 0.476 e. The maximum absolute atomic E-state index is 12.6. The van der Waals surface area contributed by atoms with Crippen LogP contribution < -0.4 is 0 Å². The average Bonchev–Trinajstić information content (AvgIpc) is 2.96. The molecule has 0 radical (unpaired) electrons. The number of aromatic nitrogens is 1. The minimum atomic E-state index is -3.87. The van der Waals surface area contributed by atoms with Gasteiger partial charge in [0.25, 0.3) is 10.0 Å². The number of hydrogen-bond acceptors (Lipinski definition) is 5. The zero-order valence-corrected chi connectivity index (χ0v) is 12.9. The number of thiazole rings is 1. The molecule has 0 aliphatic heterocycles. The van der Waals surface area contributed by atoms with E-state index in [4.69, 9.17) is 5.11 Å². The molecule has 1 heterocycles. The number of hydrogen-bond donors (Lipinski definition) is 1. The second-order valence-electron chi connectivity index (χ2n) is 4.21. The fraction of sp³-hybridized carbons (Fsp3) is 0.231. The molecule has 0 unspecified atom stereocenters. The number of carboxylic acids is 1. The number of benzene rings is 1. The molecule has 2 aromatic rings. The topological polar surface area (TPSA) is 87.6 Å². The third-order valence-electron chi connectivity index (χ3n) is 2.87. The van der Waals surface area contributed by atoms with Gasteiger partial charge in [0, 0.05) is 13.1 Å². The molecule has 1 N–H and O–H groups in total. The maximum Gasteiger partial charge on any atom is 0.356 e. The van der Waals surface area contributed by atoms with Gasteiger partial charge in [-0.1, -0.05) is 37.3 Å². The van der Waals surface area contributed by atoms with Crippen LogP contribution in [-0.4, -0.2) is 35.3 Å². The highest BCUT2D eigenvalue weighted by Gasteiger charge is 2.30. The van der Waals surface area contributed by atoms with Crippen LogP contribution >= 0.6 is 11.3 Å². The second kappa shape index (κ2) is 6.33. The van der Waals surface area contributed by atoms with Crippen LogP contribution in [0.15, 0.2) is 40.1 Å². The van der Waals surface area contributed by atoms with Crippen molar-refractivity contribution in [1.82, 2.24) is 9.29 Å². The summed E-state index contributed by atoms with van der Waals surface area (Å²) in [5, 5.41) is 9.02. The van der Waals surface area contributed by atoms with Crippen LogP contribution in [0.5, 0.6) is 0 Å². The van der Waals surface area contributed by atoms with Crippen molar-refractivity contribution < 1.29 is 18.3 Å². The molecule has 2 rings (SSSR count). The van der Waals surface area contributed by atoms with Gasteiger partial charge >= 0.3 is 5.97 Å². The molecule has 0 aliphatic rings. The van der Waals surface area contributed by atoms with Gasteiger partial charge in [0.1, 0.15) is 0 Å². The van der Waals surface area contributed by atoms with Crippen molar-refractivity contribution in [1.29, 1.82) is 0 Å². The van der Waals surface area contributed by atoms with Gasteiger partial charge in [0.15, 0.2) is 9.90 Å². The Bertz CT molecular complexity index is 726. The van der Waals surface area contributed by atoms with Gasteiger partial charge in [-0.2, -0.15) is 4.31 Å². The SMILES string of the molecule is CCN(Cc1ccccc1)S(=O)(=O)c1scnc1C(=O)O. The zero-order chi connectivity index (χ0) is 15.5. The Morgan fingerprint density at radius 3 is 2.57 bits per heavy atom. The van der Waals surface area contributed by atoms with Crippen molar-refractivity contribution in [2.75, 3.05) is 6.54 Å². The van der Waals surface area contributed by atoms with Gasteiger partial charge in [0.05, 0.1) is 5.51 Å². The summed E-state index contributed by atoms with van der Waals surface area (Å²) in [6.45, 7) is 2.15. The molecular weight excluding hydrogens is 312 g/mol. The van der Waals surface area contributed by atoms with Crippen LogP contribution in [0.25, 0.3) is 0 Å². The van der Waals surface area contributed by atoms with E-state index in [0.29, 0.717) is 0 Å². The first kappa shape index (κ1) is 15.6. The van der Waals surface area contributed by atoms with Crippen LogP contribution in [0.2, 0.25) is 0 Å². The van der Waals surface area contributed by atoms with E-state index in [1.165, 1.54) is 9.82 Å². The molecular formula is C13H14N2O4S2. The molecule has 0 saturated carbocycles. The van der Waals surface area contributed by atoms with Crippen LogP contribution in [0.1, 0.15) is 23.0 Å². The fourth-order valence-electron chi connectivity index (χ4n) is 1.83. The molecule has 6 nitrogen and oxygen atoms in total. The molecule has 8 heteroatoms. The first-order valence-electron chi connectivity index (χ1n) is 6.17. The Balaban J connectivity index is 2.36. The number of aromatic carboxylic acids is 1. The van der Waals surface area contributed by atoms with E-state index >= 15 is 0 Å². The number of nitrogens with zero attached hydrogens (tertiary/aromatic N) is 2. The molecule has 0 atom stereocenters. The van der Waals surface area contributed by atoms with Gasteiger partial charge in [-0.3, -0.25) is 0 Å². The van der Waals surface area contributed by atoms with E-state index in [2.05, 4.69) is 4.98 Å². The van der Waals surface area contributed by atoms with Crippen molar-refractivity contribution in [3.05, 3.63) is 47.1 Å². The highest BCUT2D eigenvalue weighted by atomic mass is 32.2. The van der Waals surface area contributed by atoms with E-state index in [1.54, 1.807) is 6.92 Å². The zero-order valence-electron chi connectivity index (χ0n) is 11.3. The third-order valence-corrected chi connectivity index (χ3v) is 6.13. The summed E-state index contributed by atoms with van der Waals surface area (Å²) in [6, 6.07) is 9.14. The number of carboxylic acid groups (broad SMARTS) is 1. The molecule has 0 aliphatic carbocycles. The number of sulfonamides is 1. The van der Waals surface area contributed by atoms with Crippen molar-refractivity contribution in [3.8, 4) is 0 Å². The Morgan fingerprint density at radius 1 is 1.33 bits per heavy atom. The van der Waals surface area contributed by atoms with E-state index in [9.17, 15) is 13.2 Å². The molecule has 1 aromatic heterocycles. The minimum absolute atomic E-state index is 0.191. The number of rotatable bonds is 6.